The average molecular weight is 2000 g/mol. The summed E-state index contributed by atoms with van der Waals surface area (Å²) in [4.78, 5) is 279. The summed E-state index contributed by atoms with van der Waals surface area (Å²) in [5.74, 6) is -22.7. The number of carboxylic acid groups (broad SMARTS) is 3. The van der Waals surface area contributed by atoms with E-state index >= 15 is 0 Å². The lowest BCUT2D eigenvalue weighted by molar-refractivity contribution is -0.147. The molecule has 0 aliphatic carbocycles. The van der Waals surface area contributed by atoms with Gasteiger partial charge in [-0.05, 0) is 153 Å². The number of carboxylic acids is 3. The Labute approximate surface area is 815 Å². The second-order valence-corrected chi connectivity index (χ2v) is 35.6. The number of unbranched alkanes of at least 4 members (excludes halogenated alkanes) is 2. The Morgan fingerprint density at radius 2 is 0.791 bits per heavy atom. The van der Waals surface area contributed by atoms with Crippen LogP contribution >= 0.6 is 24.4 Å². The first-order chi connectivity index (χ1) is 65.5. The van der Waals surface area contributed by atoms with Crippen LogP contribution in [0.5, 0.6) is 0 Å². The maximum absolute atomic E-state index is 14.6. The molecular weight excluding hydrogens is 1860 g/mol. The number of aromatic amines is 1. The number of hydrogen-bond donors (Lipinski definition) is 30. The molecule has 51 nitrogen and oxygen atoms in total. The lowest BCUT2D eigenvalue weighted by atomic mass is 10.00. The minimum absolute atomic E-state index is 0.00593. The number of imidazole rings is 1. The van der Waals surface area contributed by atoms with Crippen LogP contribution in [0.3, 0.4) is 0 Å². The van der Waals surface area contributed by atoms with Gasteiger partial charge in [-0.3, -0.25) is 102 Å². The minimum atomic E-state index is -1.85. The van der Waals surface area contributed by atoms with Crippen molar-refractivity contribution in [3.63, 3.8) is 0 Å². The number of carbonyl (C=O) groups excluding carboxylic acids is 17. The Morgan fingerprint density at radius 1 is 0.410 bits per heavy atom. The zero-order valence-electron chi connectivity index (χ0n) is 80.1. The molecule has 53 heteroatoms. The summed E-state index contributed by atoms with van der Waals surface area (Å²) in [7, 11) is 0. The third-order valence-corrected chi connectivity index (χ3v) is 22.0. The summed E-state index contributed by atoms with van der Waals surface area (Å²) in [6, 6.07) is -14.7. The van der Waals surface area contributed by atoms with Crippen molar-refractivity contribution in [2.45, 2.75) is 275 Å². The van der Waals surface area contributed by atoms with Crippen molar-refractivity contribution in [3.05, 3.63) is 54.1 Å². The molecule has 2 aromatic rings. The van der Waals surface area contributed by atoms with Gasteiger partial charge in [-0.15, -0.1) is 0 Å². The van der Waals surface area contributed by atoms with Crippen molar-refractivity contribution >= 4 is 155 Å². The summed E-state index contributed by atoms with van der Waals surface area (Å²) in [6.45, 7) is 12.8. The lowest BCUT2D eigenvalue weighted by Gasteiger charge is -2.27. The topological polar surface area (TPSA) is 837 Å². The molecule has 1 radical (unpaired) electrons. The molecule has 1 aromatic heterocycles. The Morgan fingerprint density at radius 3 is 1.23 bits per heavy atom. The Balaban J connectivity index is 2.33. The standard InChI is InChI=1S/C86H143N28O23S2/c1-44(2)34-58(81(133)112-62(84(136)137)38-67(119)120)104-65(116)41-98-74(126)61(37-51-39-94-43-99-51)110-77(129)55(25-19-32-96-86(92)93)107-76(128)54(23-15-17-30-88)106-79(131)57(28-33-139-10)105-71(123)49(9)101-69(121)47(7)100-70(122)48(8)102-80(132)59(35-45(3)4)109-78(130)56(26-27-66(117)118)108-82(134)63(42-138)113-75(127)53(24-18-31-95-85(90)91)103-64(115)40-97-73(125)60(36-50-20-12-11-13-21-50)111-83(135)68(46(5)6)114-72(124)52(89)22-14-16-29-87/h11-13,20-21,39,43-49,52-63,68H,14-19,22-38,40-42,87-89H2,1-10H3,(H,94,99)(H,97,125)(H,98,126)(H,100,122)(H,101,121)(H,102,132)(H,103,115)(H,104,116)(H,105,123)(H,106,131)(H,107,128)(H,108,134)(H,109,130)(H,110,129)(H,111,135)(H,112,133)(H,113,127)(H,114,124)(H,117,118)(H,119,120)(H,136,137)(H4,90,91,95)(H4,92,93,96)/t47-,48-,49-,52-,53-,54-,55+,56-,57-,58-,59-,60-,61-,62-,63-,68-/m0/s1. The normalized spacial score (nSPS) is 14.5. The zero-order valence-corrected chi connectivity index (χ0v) is 81.7. The van der Waals surface area contributed by atoms with Crippen LogP contribution in [0.2, 0.25) is 0 Å². The summed E-state index contributed by atoms with van der Waals surface area (Å²) < 4.78 is 0. The second-order valence-electron chi connectivity index (χ2n) is 34.3. The summed E-state index contributed by atoms with van der Waals surface area (Å²) in [6.07, 6.45) is 3.24. The maximum atomic E-state index is 14.6. The van der Waals surface area contributed by atoms with E-state index in [1.165, 1.54) is 45.1 Å². The molecule has 1 aromatic carbocycles. The van der Waals surface area contributed by atoms with Gasteiger partial charge in [0.25, 0.3) is 0 Å². The first-order valence-corrected chi connectivity index (χ1v) is 47.7. The van der Waals surface area contributed by atoms with Crippen molar-refractivity contribution in [1.82, 2.24) is 111 Å². The molecule has 2 rings (SSSR count). The molecule has 0 unspecified atom stereocenters. The molecule has 0 bridgehead atoms. The number of rotatable bonds is 69. The van der Waals surface area contributed by atoms with Gasteiger partial charge in [-0.1, -0.05) is 90.9 Å². The monoisotopic (exact) mass is 2000 g/mol. The molecule has 35 N–H and O–H groups in total. The smallest absolute Gasteiger partial charge is 0.326 e. The number of aliphatic carboxylic acids is 3. The number of nitrogens with zero attached hydrogens (tertiary/aromatic N) is 1. The van der Waals surface area contributed by atoms with Gasteiger partial charge in [-0.2, -0.15) is 11.8 Å². The second kappa shape index (κ2) is 65.7. The van der Waals surface area contributed by atoms with Gasteiger partial charge in [0.15, 0.2) is 11.9 Å². The van der Waals surface area contributed by atoms with Crippen LogP contribution in [0, 0.1) is 28.6 Å². The molecule has 16 atom stereocenters. The minimum Gasteiger partial charge on any atom is -0.481 e. The molecule has 0 saturated heterocycles. The number of amides is 17. The Hall–Kier alpha value is -13.0. The first-order valence-electron chi connectivity index (χ1n) is 45.7. The van der Waals surface area contributed by atoms with E-state index in [9.17, 15) is 111 Å². The zero-order chi connectivity index (χ0) is 105. The molecule has 17 amide bonds. The van der Waals surface area contributed by atoms with Crippen LogP contribution in [0.1, 0.15) is 176 Å². The number of hydrogen-bond acceptors (Lipinski definition) is 27. The fraction of sp³-hybridized carbons (Fsp3) is 0.640. The molecule has 0 aliphatic rings. The Bertz CT molecular complexity index is 4410. The molecule has 0 spiro atoms. The van der Waals surface area contributed by atoms with Gasteiger partial charge in [-0.25, -0.2) is 9.78 Å². The fourth-order valence-electron chi connectivity index (χ4n) is 13.4. The van der Waals surface area contributed by atoms with Crippen LogP contribution in [0.4, 0.5) is 0 Å². The summed E-state index contributed by atoms with van der Waals surface area (Å²) >= 11 is 6.56. The molecular formula is C86H143N28O23S2. The van der Waals surface area contributed by atoms with Gasteiger partial charge in [0.05, 0.1) is 37.6 Å². The van der Waals surface area contributed by atoms with Crippen LogP contribution in [0.15, 0.2) is 42.9 Å². The van der Waals surface area contributed by atoms with E-state index < -0.39 is 271 Å². The highest BCUT2D eigenvalue weighted by Crippen LogP contribution is 2.16. The summed E-state index contributed by atoms with van der Waals surface area (Å²) in [5.41, 5.74) is 29.4. The van der Waals surface area contributed by atoms with Crippen molar-refractivity contribution in [3.8, 4) is 0 Å². The molecule has 0 aliphatic heterocycles. The van der Waals surface area contributed by atoms with E-state index in [1.807, 2.05) is 0 Å². The van der Waals surface area contributed by atoms with Gasteiger partial charge in [0.1, 0.15) is 90.6 Å². The molecule has 1 heterocycles. The molecule has 0 saturated carbocycles. The number of nitrogens with two attached hydrogens (primary N) is 5. The number of aromatic nitrogens is 2. The van der Waals surface area contributed by atoms with E-state index in [2.05, 4.69) is 111 Å². The van der Waals surface area contributed by atoms with Crippen LogP contribution in [-0.4, -0.2) is 309 Å². The van der Waals surface area contributed by atoms with Gasteiger partial charge < -0.3 is 150 Å². The number of carbonyl (C=O) groups is 20. The first kappa shape index (κ1) is 122. The average Bonchev–Trinajstić information content (AvgIpc) is 1.85. The fourth-order valence-corrected chi connectivity index (χ4v) is 14.1. The van der Waals surface area contributed by atoms with Gasteiger partial charge >= 0.3 is 17.9 Å². The highest BCUT2D eigenvalue weighted by Gasteiger charge is 2.39. The number of guanidine groups is 2. The lowest BCUT2D eigenvalue weighted by Crippen LogP contribution is -2.60. The summed E-state index contributed by atoms with van der Waals surface area (Å²) in [5, 5.41) is 91.2. The SMILES string of the molecule is CSCC[C@H](NC(=O)[C@H](C)NC(=O)[C@H](C)NC(=O)[C@H](C)NC(=O)[C@H](CC(C)C)NC(=O)[C@H](CCC(=O)O)NC(=O)[C@H](C[S])NC(=O)[C@H](CCCNC(=N)N)NC(=O)CNC(=O)[C@H](Cc1ccccc1)NC(=O)[C@@H](NC(=O)[C@@H](N)CCCCN)C(C)C)C(=O)N[C@@H](CCCCN)C(=O)N[C@H](CCCNC(=N)N)C(=O)N[C@@H](Cc1c[nH]cn1)C(=O)NCC(=O)N[C@@H](CC(C)C)C(=O)N[C@@H](CC(=O)O)C(=O)O. The number of thioether (sulfide) groups is 1. The van der Waals surface area contributed by atoms with E-state index in [1.54, 1.807) is 78.1 Å². The van der Waals surface area contributed by atoms with E-state index in [-0.39, 0.29) is 114 Å². The number of nitrogens with one attached hydrogen (secondary N) is 22. The molecule has 0 fully saturated rings. The van der Waals surface area contributed by atoms with E-state index in [0.29, 0.717) is 37.8 Å². The third kappa shape index (κ3) is 49.7. The van der Waals surface area contributed by atoms with Crippen molar-refractivity contribution in [2.24, 2.45) is 46.4 Å². The van der Waals surface area contributed by atoms with E-state index in [4.69, 9.17) is 52.1 Å². The van der Waals surface area contributed by atoms with Crippen molar-refractivity contribution < 1.29 is 111 Å². The highest BCUT2D eigenvalue weighted by molar-refractivity contribution is 7.98. The molecule has 777 valence electrons. The highest BCUT2D eigenvalue weighted by atomic mass is 32.2. The van der Waals surface area contributed by atoms with Crippen molar-refractivity contribution in [2.75, 3.05) is 57.0 Å². The van der Waals surface area contributed by atoms with Crippen LogP contribution in [0.25, 0.3) is 0 Å². The quantitative estimate of drug-likeness (QED) is 0.0166. The number of benzene rings is 1. The number of H-pyrrole nitrogens is 1. The third-order valence-electron chi connectivity index (χ3n) is 21.0. The van der Waals surface area contributed by atoms with Crippen molar-refractivity contribution in [1.29, 1.82) is 10.8 Å². The predicted octanol–water partition coefficient (Wildman–Crippen LogP) is -7.01. The molecule has 139 heavy (non-hydrogen) atoms. The van der Waals surface area contributed by atoms with Crippen LogP contribution in [-0.2, 0) is 109 Å². The predicted molar refractivity (Wildman–Crippen MR) is 512 cm³/mol. The van der Waals surface area contributed by atoms with Crippen LogP contribution < -0.4 is 130 Å². The van der Waals surface area contributed by atoms with E-state index in [0.717, 1.165) is 0 Å². The largest absolute Gasteiger partial charge is 0.481 e. The maximum Gasteiger partial charge on any atom is 0.326 e. The Kier molecular flexibility index (Phi) is 57.7. The van der Waals surface area contributed by atoms with Gasteiger partial charge in [0, 0.05) is 44.3 Å². The van der Waals surface area contributed by atoms with Gasteiger partial charge in [0.2, 0.25) is 100 Å².